The van der Waals surface area contributed by atoms with Crippen LogP contribution in [0, 0.1) is 0 Å². The van der Waals surface area contributed by atoms with Crippen LogP contribution >= 0.6 is 0 Å². The summed E-state index contributed by atoms with van der Waals surface area (Å²) in [7, 11) is 0. The van der Waals surface area contributed by atoms with E-state index in [-0.39, 0.29) is 11.8 Å². The number of carbonyl (C=O) groups excluding carboxylic acids is 2. The highest BCUT2D eigenvalue weighted by Gasteiger charge is 2.00. The van der Waals surface area contributed by atoms with Crippen LogP contribution in [0.5, 0.6) is 0 Å². The fraction of sp³-hybridized carbons (Fsp3) is 0.529. The van der Waals surface area contributed by atoms with Gasteiger partial charge in [0.25, 0.3) is 0 Å². The van der Waals surface area contributed by atoms with Crippen LogP contribution in [0.2, 0.25) is 0 Å². The van der Waals surface area contributed by atoms with Gasteiger partial charge in [-0.3, -0.25) is 9.59 Å². The van der Waals surface area contributed by atoms with E-state index in [9.17, 15) is 9.59 Å². The normalized spacial score (nSPS) is 10.0. The molecule has 0 spiro atoms. The fourth-order valence-electron chi connectivity index (χ4n) is 2.05. The van der Waals surface area contributed by atoms with E-state index < -0.39 is 0 Å². The van der Waals surface area contributed by atoms with E-state index in [1.807, 2.05) is 30.3 Å². The topological polar surface area (TPSA) is 70.2 Å². The number of rotatable bonds is 11. The Bertz CT molecular complexity index is 435. The molecule has 0 aliphatic carbocycles. The summed E-state index contributed by atoms with van der Waals surface area (Å²) >= 11 is 0. The van der Waals surface area contributed by atoms with Gasteiger partial charge in [-0.05, 0) is 31.4 Å². The Kier molecular flexibility index (Phi) is 9.50. The number of nitrogens with one attached hydrogen (secondary N) is 3. The molecule has 1 aromatic rings. The summed E-state index contributed by atoms with van der Waals surface area (Å²) < 4.78 is 0. The summed E-state index contributed by atoms with van der Waals surface area (Å²) in [5.74, 6) is 0.112. The Morgan fingerprint density at radius 1 is 0.864 bits per heavy atom. The van der Waals surface area contributed by atoms with Gasteiger partial charge in [-0.1, -0.05) is 24.6 Å². The molecule has 0 bridgehead atoms. The molecule has 0 aliphatic heterocycles. The molecule has 0 fully saturated rings. The molecule has 0 saturated carbocycles. The molecule has 1 rings (SSSR count). The van der Waals surface area contributed by atoms with Crippen molar-refractivity contribution in [2.24, 2.45) is 0 Å². The summed E-state index contributed by atoms with van der Waals surface area (Å²) in [6, 6.07) is 10.0. The lowest BCUT2D eigenvalue weighted by Crippen LogP contribution is -2.25. The number of amides is 2. The van der Waals surface area contributed by atoms with E-state index in [1.54, 1.807) is 0 Å². The number of hydrogen-bond donors (Lipinski definition) is 3. The highest BCUT2D eigenvalue weighted by Crippen LogP contribution is 2.04. The monoisotopic (exact) mass is 305 g/mol. The lowest BCUT2D eigenvalue weighted by molar-refractivity contribution is -0.121. The van der Waals surface area contributed by atoms with Gasteiger partial charge < -0.3 is 16.0 Å². The molecule has 0 atom stereocenters. The first-order chi connectivity index (χ1) is 10.7. The number of anilines is 1. The summed E-state index contributed by atoms with van der Waals surface area (Å²) in [6.07, 6.45) is 4.22. The minimum atomic E-state index is 0.00172. The number of carbonyl (C=O) groups is 2. The third kappa shape index (κ3) is 9.80. The van der Waals surface area contributed by atoms with Crippen LogP contribution in [0.3, 0.4) is 0 Å². The number of hydrogen-bond acceptors (Lipinski definition) is 3. The summed E-state index contributed by atoms with van der Waals surface area (Å²) in [5, 5.41) is 8.99. The Hall–Kier alpha value is -2.04. The van der Waals surface area contributed by atoms with Crippen LogP contribution in [0.1, 0.15) is 39.0 Å². The summed E-state index contributed by atoms with van der Waals surface area (Å²) in [6.45, 7) is 3.76. The lowest BCUT2D eigenvalue weighted by atomic mass is 10.2. The van der Waals surface area contributed by atoms with Crippen molar-refractivity contribution in [3.05, 3.63) is 30.3 Å². The molecule has 0 saturated heterocycles. The zero-order valence-corrected chi connectivity index (χ0v) is 13.4. The molecule has 5 heteroatoms. The first-order valence-electron chi connectivity index (χ1n) is 7.98. The van der Waals surface area contributed by atoms with Crippen molar-refractivity contribution < 1.29 is 9.59 Å². The minimum Gasteiger partial charge on any atom is -0.385 e. The van der Waals surface area contributed by atoms with Crippen LogP contribution in [-0.2, 0) is 9.59 Å². The predicted octanol–water partition coefficient (Wildman–Crippen LogP) is 2.30. The number of benzene rings is 1. The standard InChI is InChI=1S/C17H27N3O2/c1-15(21)18-12-7-3-6-11-17(22)20-14-8-13-19-16-9-4-2-5-10-16/h2,4-5,9-10,19H,3,6-8,11-14H2,1H3,(H,18,21)(H,20,22). The Balaban J connectivity index is 1.90. The molecule has 0 aromatic heterocycles. The van der Waals surface area contributed by atoms with Crippen molar-refractivity contribution in [3.63, 3.8) is 0 Å². The average Bonchev–Trinajstić information content (AvgIpc) is 2.51. The maximum atomic E-state index is 11.6. The molecular formula is C17H27N3O2. The molecule has 3 N–H and O–H groups in total. The zero-order chi connectivity index (χ0) is 16.0. The molecule has 0 aliphatic rings. The van der Waals surface area contributed by atoms with Gasteiger partial charge in [-0.2, -0.15) is 0 Å². The molecule has 5 nitrogen and oxygen atoms in total. The van der Waals surface area contributed by atoms with Gasteiger partial charge in [0, 0.05) is 38.7 Å². The first kappa shape index (κ1) is 18.0. The maximum absolute atomic E-state index is 11.6. The predicted molar refractivity (Wildman–Crippen MR) is 89.7 cm³/mol. The smallest absolute Gasteiger partial charge is 0.219 e. The quantitative estimate of drug-likeness (QED) is 0.549. The van der Waals surface area contributed by atoms with Gasteiger partial charge >= 0.3 is 0 Å². The zero-order valence-electron chi connectivity index (χ0n) is 13.4. The van der Waals surface area contributed by atoms with E-state index in [4.69, 9.17) is 0 Å². The Labute approximate surface area is 132 Å². The molecule has 2 amide bonds. The fourth-order valence-corrected chi connectivity index (χ4v) is 2.05. The van der Waals surface area contributed by atoms with E-state index in [1.165, 1.54) is 6.92 Å². The third-order valence-electron chi connectivity index (χ3n) is 3.23. The van der Waals surface area contributed by atoms with E-state index in [0.29, 0.717) is 19.5 Å². The molecule has 1 aromatic carbocycles. The van der Waals surface area contributed by atoms with Crippen LogP contribution in [0.4, 0.5) is 5.69 Å². The lowest BCUT2D eigenvalue weighted by Gasteiger charge is -2.07. The van der Waals surface area contributed by atoms with Crippen molar-refractivity contribution >= 4 is 17.5 Å². The van der Waals surface area contributed by atoms with E-state index in [0.717, 1.165) is 37.9 Å². The van der Waals surface area contributed by atoms with Crippen molar-refractivity contribution in [1.82, 2.24) is 10.6 Å². The highest BCUT2D eigenvalue weighted by molar-refractivity contribution is 5.75. The molecule has 0 heterocycles. The Morgan fingerprint density at radius 2 is 1.59 bits per heavy atom. The van der Waals surface area contributed by atoms with Crippen molar-refractivity contribution in [1.29, 1.82) is 0 Å². The summed E-state index contributed by atoms with van der Waals surface area (Å²) in [5.41, 5.74) is 1.10. The van der Waals surface area contributed by atoms with E-state index in [2.05, 4.69) is 16.0 Å². The highest BCUT2D eigenvalue weighted by atomic mass is 16.2. The summed E-state index contributed by atoms with van der Waals surface area (Å²) in [4.78, 5) is 22.3. The van der Waals surface area contributed by atoms with Gasteiger partial charge in [0.2, 0.25) is 11.8 Å². The average molecular weight is 305 g/mol. The van der Waals surface area contributed by atoms with Crippen LogP contribution in [0.15, 0.2) is 30.3 Å². The Morgan fingerprint density at radius 3 is 2.32 bits per heavy atom. The van der Waals surface area contributed by atoms with E-state index >= 15 is 0 Å². The van der Waals surface area contributed by atoms with Crippen LogP contribution < -0.4 is 16.0 Å². The second-order valence-corrected chi connectivity index (χ2v) is 5.29. The third-order valence-corrected chi connectivity index (χ3v) is 3.23. The molecule has 22 heavy (non-hydrogen) atoms. The number of unbranched alkanes of at least 4 members (excludes halogenated alkanes) is 2. The molecule has 122 valence electrons. The maximum Gasteiger partial charge on any atom is 0.219 e. The van der Waals surface area contributed by atoms with Gasteiger partial charge in [-0.25, -0.2) is 0 Å². The van der Waals surface area contributed by atoms with Crippen molar-refractivity contribution in [3.8, 4) is 0 Å². The van der Waals surface area contributed by atoms with Gasteiger partial charge in [0.05, 0.1) is 0 Å². The van der Waals surface area contributed by atoms with Gasteiger partial charge in [0.15, 0.2) is 0 Å². The second-order valence-electron chi connectivity index (χ2n) is 5.29. The van der Waals surface area contributed by atoms with Crippen LogP contribution in [0.25, 0.3) is 0 Å². The largest absolute Gasteiger partial charge is 0.385 e. The van der Waals surface area contributed by atoms with Crippen molar-refractivity contribution in [2.75, 3.05) is 25.0 Å². The second kappa shape index (κ2) is 11.6. The SMILES string of the molecule is CC(=O)NCCCCCC(=O)NCCCNc1ccccc1. The minimum absolute atomic E-state index is 0.00172. The molecule has 0 radical (unpaired) electrons. The van der Waals surface area contributed by atoms with Gasteiger partial charge in [-0.15, -0.1) is 0 Å². The molecular weight excluding hydrogens is 278 g/mol. The van der Waals surface area contributed by atoms with Crippen LogP contribution in [-0.4, -0.2) is 31.4 Å². The van der Waals surface area contributed by atoms with Crippen molar-refractivity contribution in [2.45, 2.75) is 39.0 Å². The molecule has 0 unspecified atom stereocenters. The first-order valence-corrected chi connectivity index (χ1v) is 7.98. The van der Waals surface area contributed by atoms with Gasteiger partial charge in [0.1, 0.15) is 0 Å². The number of para-hydroxylation sites is 1.